The standard InChI is InChI=1S/C18H32N2O/c1-5-6-7-8-9-16(4)21-18-12-17(10-11-20-18)14-19-13-15(2)3/h10-12,15-16,19H,5-9,13-14H2,1-4H3. The first-order valence-electron chi connectivity index (χ1n) is 8.44. The molecular formula is C18H32N2O. The molecule has 0 aliphatic rings. The second kappa shape index (κ2) is 10.6. The molecule has 1 N–H and O–H groups in total. The predicted molar refractivity (Wildman–Crippen MR) is 89.6 cm³/mol. The lowest BCUT2D eigenvalue weighted by molar-refractivity contribution is 0.198. The fraction of sp³-hybridized carbons (Fsp3) is 0.722. The van der Waals surface area contributed by atoms with Gasteiger partial charge in [-0.15, -0.1) is 0 Å². The molecule has 0 bridgehead atoms. The van der Waals surface area contributed by atoms with E-state index in [1.54, 1.807) is 0 Å². The first kappa shape index (κ1) is 18.0. The third kappa shape index (κ3) is 8.71. The molecule has 1 unspecified atom stereocenters. The van der Waals surface area contributed by atoms with Crippen molar-refractivity contribution in [3.8, 4) is 5.88 Å². The molecule has 120 valence electrons. The molecule has 3 heteroatoms. The Bertz CT molecular complexity index is 379. The average Bonchev–Trinajstić information content (AvgIpc) is 2.44. The summed E-state index contributed by atoms with van der Waals surface area (Å²) in [4.78, 5) is 4.32. The van der Waals surface area contributed by atoms with Gasteiger partial charge in [0, 0.05) is 18.8 Å². The van der Waals surface area contributed by atoms with E-state index >= 15 is 0 Å². The second-order valence-corrected chi connectivity index (χ2v) is 6.30. The summed E-state index contributed by atoms with van der Waals surface area (Å²) in [7, 11) is 0. The highest BCUT2D eigenvalue weighted by Gasteiger charge is 2.06. The first-order valence-corrected chi connectivity index (χ1v) is 8.44. The summed E-state index contributed by atoms with van der Waals surface area (Å²) in [5.41, 5.74) is 1.24. The number of hydrogen-bond acceptors (Lipinski definition) is 3. The van der Waals surface area contributed by atoms with Crippen LogP contribution in [0, 0.1) is 5.92 Å². The van der Waals surface area contributed by atoms with Gasteiger partial charge in [-0.25, -0.2) is 4.98 Å². The summed E-state index contributed by atoms with van der Waals surface area (Å²) in [6.45, 7) is 10.7. The molecule has 1 rings (SSSR count). The zero-order valence-corrected chi connectivity index (χ0v) is 14.2. The van der Waals surface area contributed by atoms with Crippen molar-refractivity contribution in [2.75, 3.05) is 6.54 Å². The molecule has 0 radical (unpaired) electrons. The second-order valence-electron chi connectivity index (χ2n) is 6.30. The van der Waals surface area contributed by atoms with Crippen molar-refractivity contribution in [2.45, 2.75) is 72.4 Å². The van der Waals surface area contributed by atoms with E-state index in [0.717, 1.165) is 25.4 Å². The molecule has 3 nitrogen and oxygen atoms in total. The minimum atomic E-state index is 0.244. The van der Waals surface area contributed by atoms with Crippen molar-refractivity contribution in [1.29, 1.82) is 0 Å². The van der Waals surface area contributed by atoms with Gasteiger partial charge in [-0.05, 0) is 43.9 Å². The Labute approximate surface area is 130 Å². The van der Waals surface area contributed by atoms with Gasteiger partial charge in [-0.2, -0.15) is 0 Å². The topological polar surface area (TPSA) is 34.1 Å². The lowest BCUT2D eigenvalue weighted by Gasteiger charge is -2.14. The molecule has 0 aromatic carbocycles. The number of unbranched alkanes of at least 4 members (excludes halogenated alkanes) is 3. The zero-order chi connectivity index (χ0) is 15.5. The third-order valence-electron chi connectivity index (χ3n) is 3.47. The minimum Gasteiger partial charge on any atom is -0.475 e. The van der Waals surface area contributed by atoms with Crippen LogP contribution in [-0.2, 0) is 6.54 Å². The van der Waals surface area contributed by atoms with Crippen molar-refractivity contribution >= 4 is 0 Å². The van der Waals surface area contributed by atoms with Crippen LogP contribution in [0.4, 0.5) is 0 Å². The van der Waals surface area contributed by atoms with Gasteiger partial charge in [0.2, 0.25) is 5.88 Å². The van der Waals surface area contributed by atoms with Crippen LogP contribution < -0.4 is 10.1 Å². The Morgan fingerprint density at radius 3 is 2.71 bits per heavy atom. The molecule has 21 heavy (non-hydrogen) atoms. The lowest BCUT2D eigenvalue weighted by atomic mass is 10.1. The Morgan fingerprint density at radius 1 is 1.19 bits per heavy atom. The molecular weight excluding hydrogens is 260 g/mol. The van der Waals surface area contributed by atoms with E-state index in [9.17, 15) is 0 Å². The van der Waals surface area contributed by atoms with Gasteiger partial charge in [0.05, 0.1) is 6.10 Å². The van der Waals surface area contributed by atoms with Crippen molar-refractivity contribution in [2.24, 2.45) is 5.92 Å². The van der Waals surface area contributed by atoms with Gasteiger partial charge in [0.15, 0.2) is 0 Å². The molecule has 1 aromatic rings. The van der Waals surface area contributed by atoms with Crippen LogP contribution in [-0.4, -0.2) is 17.6 Å². The largest absolute Gasteiger partial charge is 0.475 e. The van der Waals surface area contributed by atoms with Gasteiger partial charge in [0.1, 0.15) is 0 Å². The number of nitrogens with zero attached hydrogens (tertiary/aromatic N) is 1. The minimum absolute atomic E-state index is 0.244. The van der Waals surface area contributed by atoms with E-state index in [-0.39, 0.29) is 6.10 Å². The van der Waals surface area contributed by atoms with Gasteiger partial charge in [0.25, 0.3) is 0 Å². The van der Waals surface area contributed by atoms with E-state index in [0.29, 0.717) is 5.92 Å². The number of pyridine rings is 1. The highest BCUT2D eigenvalue weighted by Crippen LogP contribution is 2.14. The summed E-state index contributed by atoms with van der Waals surface area (Å²) in [6, 6.07) is 4.10. The Kier molecular flexibility index (Phi) is 9.07. The van der Waals surface area contributed by atoms with Crippen LogP contribution in [0.1, 0.15) is 65.4 Å². The Balaban J connectivity index is 2.34. The van der Waals surface area contributed by atoms with Crippen LogP contribution in [0.15, 0.2) is 18.3 Å². The van der Waals surface area contributed by atoms with Crippen LogP contribution in [0.5, 0.6) is 5.88 Å². The fourth-order valence-corrected chi connectivity index (χ4v) is 2.25. The first-order chi connectivity index (χ1) is 10.1. The normalized spacial score (nSPS) is 12.6. The van der Waals surface area contributed by atoms with Crippen molar-refractivity contribution in [1.82, 2.24) is 10.3 Å². The van der Waals surface area contributed by atoms with Crippen molar-refractivity contribution in [3.63, 3.8) is 0 Å². The summed E-state index contributed by atoms with van der Waals surface area (Å²) >= 11 is 0. The molecule has 0 saturated heterocycles. The molecule has 1 aromatic heterocycles. The molecule has 1 heterocycles. The number of rotatable bonds is 11. The van der Waals surface area contributed by atoms with Crippen LogP contribution in [0.3, 0.4) is 0 Å². The van der Waals surface area contributed by atoms with Crippen molar-refractivity contribution in [3.05, 3.63) is 23.9 Å². The van der Waals surface area contributed by atoms with E-state index in [4.69, 9.17) is 4.74 Å². The predicted octanol–water partition coefficient (Wildman–Crippen LogP) is 4.56. The molecule has 0 amide bonds. The highest BCUT2D eigenvalue weighted by molar-refractivity contribution is 5.20. The van der Waals surface area contributed by atoms with Crippen molar-refractivity contribution < 1.29 is 4.74 Å². The van der Waals surface area contributed by atoms with E-state index in [1.807, 2.05) is 12.3 Å². The summed E-state index contributed by atoms with van der Waals surface area (Å²) < 4.78 is 5.92. The van der Waals surface area contributed by atoms with E-state index in [2.05, 4.69) is 44.1 Å². The Morgan fingerprint density at radius 2 is 2.00 bits per heavy atom. The number of ether oxygens (including phenoxy) is 1. The quantitative estimate of drug-likeness (QED) is 0.607. The monoisotopic (exact) mass is 292 g/mol. The molecule has 0 aliphatic heterocycles. The molecule has 0 spiro atoms. The number of aromatic nitrogens is 1. The van der Waals surface area contributed by atoms with Crippen LogP contribution in [0.2, 0.25) is 0 Å². The van der Waals surface area contributed by atoms with Crippen LogP contribution in [0.25, 0.3) is 0 Å². The Hall–Kier alpha value is -1.09. The van der Waals surface area contributed by atoms with Gasteiger partial charge >= 0.3 is 0 Å². The fourth-order valence-electron chi connectivity index (χ4n) is 2.25. The summed E-state index contributed by atoms with van der Waals surface area (Å²) in [5.74, 6) is 1.42. The molecule has 0 aliphatic carbocycles. The average molecular weight is 292 g/mol. The van der Waals surface area contributed by atoms with E-state index < -0.39 is 0 Å². The number of hydrogen-bond donors (Lipinski definition) is 1. The maximum atomic E-state index is 5.92. The highest BCUT2D eigenvalue weighted by atomic mass is 16.5. The summed E-state index contributed by atoms with van der Waals surface area (Å²) in [6.07, 6.45) is 8.34. The molecule has 0 saturated carbocycles. The van der Waals surface area contributed by atoms with Gasteiger partial charge in [-0.1, -0.05) is 40.0 Å². The van der Waals surface area contributed by atoms with Gasteiger partial charge < -0.3 is 10.1 Å². The molecule has 0 fully saturated rings. The lowest BCUT2D eigenvalue weighted by Crippen LogP contribution is -2.19. The number of nitrogens with one attached hydrogen (secondary N) is 1. The maximum absolute atomic E-state index is 5.92. The summed E-state index contributed by atoms with van der Waals surface area (Å²) in [5, 5.41) is 3.45. The van der Waals surface area contributed by atoms with E-state index in [1.165, 1.54) is 31.2 Å². The SMILES string of the molecule is CCCCCCC(C)Oc1cc(CNCC(C)C)ccn1. The van der Waals surface area contributed by atoms with Gasteiger partial charge in [-0.3, -0.25) is 0 Å². The smallest absolute Gasteiger partial charge is 0.213 e. The zero-order valence-electron chi connectivity index (χ0n) is 14.2. The third-order valence-corrected chi connectivity index (χ3v) is 3.47. The molecule has 1 atom stereocenters. The maximum Gasteiger partial charge on any atom is 0.213 e. The van der Waals surface area contributed by atoms with Crippen LogP contribution >= 0.6 is 0 Å².